The molecule has 176 valence electrons. The molecule has 2 N–H and O–H groups in total. The van der Waals surface area contributed by atoms with Crippen LogP contribution in [0.25, 0.3) is 11.1 Å². The molecule has 0 heterocycles. The maximum atomic E-state index is 13.6. The molecule has 0 aliphatic heterocycles. The third kappa shape index (κ3) is 4.88. The number of amides is 1. The van der Waals surface area contributed by atoms with Crippen LogP contribution in [0.15, 0.2) is 66.7 Å². The first-order valence-electron chi connectivity index (χ1n) is 10.3. The van der Waals surface area contributed by atoms with Crippen LogP contribution in [0, 0.1) is 5.82 Å². The summed E-state index contributed by atoms with van der Waals surface area (Å²) >= 11 is 0. The second-order valence-corrected chi connectivity index (χ2v) is 7.91. The molecule has 0 saturated carbocycles. The molecule has 3 aromatic rings. The molecule has 4 rings (SSSR count). The fourth-order valence-electron chi connectivity index (χ4n) is 4.15. The zero-order chi connectivity index (χ0) is 24.5. The quantitative estimate of drug-likeness (QED) is 0.472. The number of carboxylic acid groups (broad SMARTS) is 1. The molecule has 0 aromatic heterocycles. The number of halogens is 4. The lowest BCUT2D eigenvalue weighted by Gasteiger charge is -2.18. The highest BCUT2D eigenvalue weighted by molar-refractivity contribution is 5.81. The van der Waals surface area contributed by atoms with Gasteiger partial charge in [0.05, 0.1) is 5.56 Å². The number of nitrogens with one attached hydrogen (secondary N) is 1. The Kier molecular flexibility index (Phi) is 6.28. The zero-order valence-electron chi connectivity index (χ0n) is 17.6. The summed E-state index contributed by atoms with van der Waals surface area (Å²) in [6.45, 7) is -0.0651. The predicted octanol–water partition coefficient (Wildman–Crippen LogP) is 5.38. The minimum absolute atomic E-state index is 0.0651. The molecule has 1 aliphatic carbocycles. The lowest BCUT2D eigenvalue weighted by molar-refractivity contribution is -0.139. The molecule has 5 nitrogen and oxygen atoms in total. The minimum Gasteiger partial charge on any atom is -0.480 e. The summed E-state index contributed by atoms with van der Waals surface area (Å²) in [6, 6.07) is 15.5. The van der Waals surface area contributed by atoms with Gasteiger partial charge in [-0.3, -0.25) is 0 Å². The SMILES string of the molecule is O=C(NC(Cc1cc(F)cc(C(F)(F)F)c1)C(=O)O)OCC1c2ccccc2-c2ccccc21. The smallest absolute Gasteiger partial charge is 0.416 e. The molecule has 0 saturated heterocycles. The van der Waals surface area contributed by atoms with Crippen molar-refractivity contribution in [2.24, 2.45) is 0 Å². The van der Waals surface area contributed by atoms with Gasteiger partial charge in [-0.2, -0.15) is 13.2 Å². The van der Waals surface area contributed by atoms with Crippen molar-refractivity contribution in [1.29, 1.82) is 0 Å². The highest BCUT2D eigenvalue weighted by atomic mass is 19.4. The molecular weight excluding hydrogens is 454 g/mol. The predicted molar refractivity (Wildman–Crippen MR) is 115 cm³/mol. The first-order valence-corrected chi connectivity index (χ1v) is 10.3. The van der Waals surface area contributed by atoms with Crippen LogP contribution < -0.4 is 5.32 Å². The van der Waals surface area contributed by atoms with Gasteiger partial charge in [-0.25, -0.2) is 14.0 Å². The second-order valence-electron chi connectivity index (χ2n) is 7.91. The van der Waals surface area contributed by atoms with Crippen molar-refractivity contribution in [2.75, 3.05) is 6.61 Å². The van der Waals surface area contributed by atoms with Gasteiger partial charge >= 0.3 is 18.2 Å². The number of rotatable bonds is 6. The standard InChI is InChI=1S/C25H19F4NO4/c26-16-10-14(9-15(12-16)25(27,28)29)11-22(23(31)32)30-24(33)34-13-21-19-7-3-1-5-17(19)18-6-2-4-8-20(18)21/h1-10,12,21-22H,11,13H2,(H,30,33)(H,31,32). The molecule has 0 spiro atoms. The van der Waals surface area contributed by atoms with Crippen molar-refractivity contribution >= 4 is 12.1 Å². The number of alkyl halides is 3. The number of fused-ring (bicyclic) bond motifs is 3. The Labute approximate surface area is 192 Å². The number of carbonyl (C=O) groups excluding carboxylic acids is 1. The fourth-order valence-corrected chi connectivity index (χ4v) is 4.15. The van der Waals surface area contributed by atoms with E-state index in [9.17, 15) is 32.3 Å². The van der Waals surface area contributed by atoms with Crippen LogP contribution >= 0.6 is 0 Å². The van der Waals surface area contributed by atoms with Crippen LogP contribution in [0.2, 0.25) is 0 Å². The first-order chi connectivity index (χ1) is 16.1. The van der Waals surface area contributed by atoms with Gasteiger partial charge in [-0.05, 0) is 46.0 Å². The van der Waals surface area contributed by atoms with E-state index in [0.717, 1.165) is 28.3 Å². The van der Waals surface area contributed by atoms with Crippen LogP contribution in [-0.4, -0.2) is 29.8 Å². The Morgan fingerprint density at radius 2 is 1.56 bits per heavy atom. The average molecular weight is 473 g/mol. The number of hydrogen-bond donors (Lipinski definition) is 2. The number of alkyl carbamates (subject to hydrolysis) is 1. The molecule has 1 atom stereocenters. The average Bonchev–Trinajstić information content (AvgIpc) is 3.10. The van der Waals surface area contributed by atoms with E-state index in [-0.39, 0.29) is 18.1 Å². The van der Waals surface area contributed by atoms with Gasteiger partial charge in [0.1, 0.15) is 18.5 Å². The normalized spacial score (nSPS) is 13.6. The van der Waals surface area contributed by atoms with Gasteiger partial charge in [0.25, 0.3) is 0 Å². The second kappa shape index (κ2) is 9.17. The number of hydrogen-bond acceptors (Lipinski definition) is 3. The van der Waals surface area contributed by atoms with Crippen LogP contribution in [0.1, 0.15) is 28.2 Å². The molecule has 0 fully saturated rings. The maximum Gasteiger partial charge on any atom is 0.416 e. The fraction of sp³-hybridized carbons (Fsp3) is 0.200. The number of benzene rings is 3. The highest BCUT2D eigenvalue weighted by Crippen LogP contribution is 2.44. The topological polar surface area (TPSA) is 75.6 Å². The zero-order valence-corrected chi connectivity index (χ0v) is 17.6. The van der Waals surface area contributed by atoms with E-state index in [2.05, 4.69) is 5.32 Å². The Bertz CT molecular complexity index is 1200. The molecule has 1 amide bonds. The van der Waals surface area contributed by atoms with Crippen LogP contribution in [-0.2, 0) is 22.1 Å². The van der Waals surface area contributed by atoms with Gasteiger partial charge in [-0.1, -0.05) is 48.5 Å². The number of carbonyl (C=O) groups is 2. The lowest BCUT2D eigenvalue weighted by Crippen LogP contribution is -2.43. The maximum absolute atomic E-state index is 13.6. The van der Waals surface area contributed by atoms with E-state index in [1.54, 1.807) is 0 Å². The molecule has 0 bridgehead atoms. The first kappa shape index (κ1) is 23.3. The van der Waals surface area contributed by atoms with Crippen molar-refractivity contribution in [3.05, 3.63) is 94.8 Å². The summed E-state index contributed by atoms with van der Waals surface area (Å²) in [6.07, 6.45) is -6.39. The highest BCUT2D eigenvalue weighted by Gasteiger charge is 2.33. The van der Waals surface area contributed by atoms with E-state index in [1.807, 2.05) is 48.5 Å². The minimum atomic E-state index is -4.80. The van der Waals surface area contributed by atoms with Crippen molar-refractivity contribution in [2.45, 2.75) is 24.6 Å². The van der Waals surface area contributed by atoms with Crippen LogP contribution in [0.4, 0.5) is 22.4 Å². The van der Waals surface area contributed by atoms with Crippen LogP contribution in [0.3, 0.4) is 0 Å². The van der Waals surface area contributed by atoms with Crippen molar-refractivity contribution in [1.82, 2.24) is 5.32 Å². The third-order valence-corrected chi connectivity index (χ3v) is 5.66. The van der Waals surface area contributed by atoms with E-state index >= 15 is 0 Å². The summed E-state index contributed by atoms with van der Waals surface area (Å²) in [7, 11) is 0. The third-order valence-electron chi connectivity index (χ3n) is 5.66. The largest absolute Gasteiger partial charge is 0.480 e. The number of ether oxygens (including phenoxy) is 1. The molecule has 3 aromatic carbocycles. The number of carboxylic acids is 1. The summed E-state index contributed by atoms with van der Waals surface area (Å²) in [4.78, 5) is 24.0. The van der Waals surface area contributed by atoms with Crippen molar-refractivity contribution in [3.63, 3.8) is 0 Å². The van der Waals surface area contributed by atoms with Crippen molar-refractivity contribution in [3.8, 4) is 11.1 Å². The van der Waals surface area contributed by atoms with E-state index in [1.165, 1.54) is 0 Å². The summed E-state index contributed by atoms with van der Waals surface area (Å²) in [5.74, 6) is -2.90. The molecular formula is C25H19F4NO4. The van der Waals surface area contributed by atoms with Gasteiger partial charge in [-0.15, -0.1) is 0 Å². The molecule has 0 radical (unpaired) electrons. The molecule has 9 heteroatoms. The Morgan fingerprint density at radius 1 is 0.971 bits per heavy atom. The van der Waals surface area contributed by atoms with Gasteiger partial charge in [0, 0.05) is 12.3 Å². The van der Waals surface area contributed by atoms with E-state index < -0.39 is 42.1 Å². The summed E-state index contributed by atoms with van der Waals surface area (Å²) in [5.41, 5.74) is 2.49. The monoisotopic (exact) mass is 473 g/mol. The van der Waals surface area contributed by atoms with Gasteiger partial charge in [0.15, 0.2) is 0 Å². The molecule has 1 aliphatic rings. The molecule has 1 unspecified atom stereocenters. The Hall–Kier alpha value is -3.88. The Morgan fingerprint density at radius 3 is 2.12 bits per heavy atom. The summed E-state index contributed by atoms with van der Waals surface area (Å²) in [5, 5.41) is 11.6. The molecule has 34 heavy (non-hydrogen) atoms. The van der Waals surface area contributed by atoms with Crippen LogP contribution in [0.5, 0.6) is 0 Å². The Balaban J connectivity index is 1.45. The van der Waals surface area contributed by atoms with Gasteiger partial charge in [0.2, 0.25) is 0 Å². The van der Waals surface area contributed by atoms with Gasteiger partial charge < -0.3 is 15.2 Å². The lowest BCUT2D eigenvalue weighted by atomic mass is 9.98. The summed E-state index contributed by atoms with van der Waals surface area (Å²) < 4.78 is 57.8. The van der Waals surface area contributed by atoms with Crippen molar-refractivity contribution < 1.29 is 37.0 Å². The number of aliphatic carboxylic acids is 1. The van der Waals surface area contributed by atoms with E-state index in [4.69, 9.17) is 4.74 Å². The van der Waals surface area contributed by atoms with E-state index in [0.29, 0.717) is 12.1 Å².